The Morgan fingerprint density at radius 3 is 2.73 bits per heavy atom. The van der Waals surface area contributed by atoms with Crippen molar-refractivity contribution in [2.75, 3.05) is 0 Å². The standard InChI is InChI=1S/C24H17N3O5S/c1-14-20(25-21(32-14)16-9-10-33-13-16)12-31-23(29)15-7-8-18-19(11-15)26-24(30)27(22(18)28)17-5-3-2-4-6-17/h2-11,13H,12H2,1H3,(H,26,30). The van der Waals surface area contributed by atoms with Gasteiger partial charge >= 0.3 is 11.7 Å². The lowest BCUT2D eigenvalue weighted by Gasteiger charge is -2.08. The van der Waals surface area contributed by atoms with Crippen molar-refractivity contribution in [3.63, 3.8) is 0 Å². The van der Waals surface area contributed by atoms with E-state index in [0.29, 0.717) is 23.0 Å². The van der Waals surface area contributed by atoms with Gasteiger partial charge in [0.25, 0.3) is 5.56 Å². The Bertz CT molecular complexity index is 1580. The van der Waals surface area contributed by atoms with Crippen LogP contribution < -0.4 is 11.2 Å². The fourth-order valence-corrected chi connectivity index (χ4v) is 4.08. The minimum Gasteiger partial charge on any atom is -0.455 e. The summed E-state index contributed by atoms with van der Waals surface area (Å²) in [5.41, 5.74) is 1.23. The van der Waals surface area contributed by atoms with Gasteiger partial charge in [0, 0.05) is 10.9 Å². The molecule has 8 nitrogen and oxygen atoms in total. The zero-order valence-corrected chi connectivity index (χ0v) is 18.2. The van der Waals surface area contributed by atoms with Gasteiger partial charge in [0.1, 0.15) is 18.1 Å². The third-order valence-corrected chi connectivity index (χ3v) is 5.83. The number of thiophene rings is 1. The molecule has 164 valence electrons. The number of H-pyrrole nitrogens is 1. The summed E-state index contributed by atoms with van der Waals surface area (Å²) in [6.45, 7) is 1.69. The maximum atomic E-state index is 12.9. The Morgan fingerprint density at radius 2 is 1.97 bits per heavy atom. The zero-order chi connectivity index (χ0) is 22.9. The molecule has 1 N–H and O–H groups in total. The minimum absolute atomic E-state index is 0.0670. The predicted octanol–water partition coefficient (Wildman–Crippen LogP) is 4.06. The third kappa shape index (κ3) is 3.90. The minimum atomic E-state index is -0.607. The maximum Gasteiger partial charge on any atom is 0.338 e. The van der Waals surface area contributed by atoms with E-state index in [-0.39, 0.29) is 23.1 Å². The van der Waals surface area contributed by atoms with Crippen LogP contribution in [0.4, 0.5) is 0 Å². The summed E-state index contributed by atoms with van der Waals surface area (Å²) in [5, 5.41) is 4.12. The molecule has 5 aromatic rings. The van der Waals surface area contributed by atoms with Gasteiger partial charge in [-0.25, -0.2) is 19.1 Å². The molecule has 0 saturated heterocycles. The number of benzene rings is 2. The van der Waals surface area contributed by atoms with Gasteiger partial charge in [0.15, 0.2) is 0 Å². The number of rotatable bonds is 5. The maximum absolute atomic E-state index is 12.9. The summed E-state index contributed by atoms with van der Waals surface area (Å²) in [6, 6.07) is 14.9. The second-order valence-electron chi connectivity index (χ2n) is 7.28. The number of aromatic nitrogens is 3. The van der Waals surface area contributed by atoms with Gasteiger partial charge in [-0.2, -0.15) is 11.3 Å². The smallest absolute Gasteiger partial charge is 0.338 e. The Labute approximate surface area is 190 Å². The number of carbonyl (C=O) groups excluding carboxylic acids is 1. The zero-order valence-electron chi connectivity index (χ0n) is 17.4. The number of oxazole rings is 1. The lowest BCUT2D eigenvalue weighted by Crippen LogP contribution is -2.33. The summed E-state index contributed by atoms with van der Waals surface area (Å²) in [7, 11) is 0. The molecule has 0 aliphatic rings. The molecular formula is C24H17N3O5S. The molecule has 0 radical (unpaired) electrons. The molecule has 33 heavy (non-hydrogen) atoms. The van der Waals surface area contributed by atoms with Crippen molar-refractivity contribution in [3.05, 3.63) is 103 Å². The van der Waals surface area contributed by atoms with E-state index in [4.69, 9.17) is 9.15 Å². The fourth-order valence-electron chi connectivity index (χ4n) is 3.45. The number of esters is 1. The molecule has 5 rings (SSSR count). The molecule has 0 atom stereocenters. The fraction of sp³-hybridized carbons (Fsp3) is 0.0833. The van der Waals surface area contributed by atoms with Crippen LogP contribution in [0.2, 0.25) is 0 Å². The molecule has 3 heterocycles. The van der Waals surface area contributed by atoms with Crippen LogP contribution in [0.25, 0.3) is 28.0 Å². The van der Waals surface area contributed by atoms with E-state index < -0.39 is 17.2 Å². The number of hydrogen-bond acceptors (Lipinski definition) is 7. The lowest BCUT2D eigenvalue weighted by molar-refractivity contribution is 0.0467. The lowest BCUT2D eigenvalue weighted by atomic mass is 10.1. The van der Waals surface area contributed by atoms with E-state index in [1.54, 1.807) is 37.3 Å². The van der Waals surface area contributed by atoms with Gasteiger partial charge in [0.2, 0.25) is 5.89 Å². The first-order valence-electron chi connectivity index (χ1n) is 10.0. The topological polar surface area (TPSA) is 107 Å². The third-order valence-electron chi connectivity index (χ3n) is 5.15. The monoisotopic (exact) mass is 459 g/mol. The average Bonchev–Trinajstić information content (AvgIpc) is 3.48. The van der Waals surface area contributed by atoms with Gasteiger partial charge in [-0.15, -0.1) is 0 Å². The highest BCUT2D eigenvalue weighted by molar-refractivity contribution is 7.08. The molecule has 0 bridgehead atoms. The first kappa shape index (κ1) is 20.7. The average molecular weight is 459 g/mol. The quantitative estimate of drug-likeness (QED) is 0.397. The summed E-state index contributed by atoms with van der Waals surface area (Å²) >= 11 is 1.53. The van der Waals surface area contributed by atoms with Crippen LogP contribution in [0.5, 0.6) is 0 Å². The van der Waals surface area contributed by atoms with E-state index in [1.807, 2.05) is 16.8 Å². The first-order chi connectivity index (χ1) is 16.0. The van der Waals surface area contributed by atoms with E-state index in [1.165, 1.54) is 29.5 Å². The molecule has 0 aliphatic heterocycles. The number of aromatic amines is 1. The Morgan fingerprint density at radius 1 is 1.15 bits per heavy atom. The van der Waals surface area contributed by atoms with Crippen LogP contribution in [0.15, 0.2) is 79.4 Å². The largest absolute Gasteiger partial charge is 0.455 e. The number of nitrogens with zero attached hydrogens (tertiary/aromatic N) is 2. The summed E-state index contributed by atoms with van der Waals surface area (Å²) < 4.78 is 12.1. The molecule has 0 aliphatic carbocycles. The Balaban J connectivity index is 1.40. The Hall–Kier alpha value is -4.24. The number of carbonyl (C=O) groups is 1. The van der Waals surface area contributed by atoms with Crippen molar-refractivity contribution in [2.45, 2.75) is 13.5 Å². The van der Waals surface area contributed by atoms with E-state index in [9.17, 15) is 14.4 Å². The van der Waals surface area contributed by atoms with Crippen molar-refractivity contribution in [3.8, 4) is 17.1 Å². The number of nitrogens with one attached hydrogen (secondary N) is 1. The van der Waals surface area contributed by atoms with Crippen molar-refractivity contribution in [1.82, 2.24) is 14.5 Å². The highest BCUT2D eigenvalue weighted by atomic mass is 32.1. The number of hydrogen-bond donors (Lipinski definition) is 1. The molecule has 0 fully saturated rings. The summed E-state index contributed by atoms with van der Waals surface area (Å²) in [4.78, 5) is 45.1. The SMILES string of the molecule is Cc1oc(-c2ccsc2)nc1COC(=O)c1ccc2c(=O)n(-c3ccccc3)c(=O)[nH]c2c1. The molecule has 0 spiro atoms. The molecule has 2 aromatic carbocycles. The van der Waals surface area contributed by atoms with Crippen LogP contribution in [0.1, 0.15) is 21.8 Å². The van der Waals surface area contributed by atoms with E-state index in [2.05, 4.69) is 9.97 Å². The van der Waals surface area contributed by atoms with E-state index >= 15 is 0 Å². The first-order valence-corrected chi connectivity index (χ1v) is 11.0. The van der Waals surface area contributed by atoms with Gasteiger partial charge < -0.3 is 14.1 Å². The second kappa shape index (κ2) is 8.36. The van der Waals surface area contributed by atoms with Crippen molar-refractivity contribution < 1.29 is 13.9 Å². The van der Waals surface area contributed by atoms with Crippen LogP contribution in [0.3, 0.4) is 0 Å². The van der Waals surface area contributed by atoms with Crippen LogP contribution in [0, 0.1) is 6.92 Å². The normalized spacial score (nSPS) is 11.1. The van der Waals surface area contributed by atoms with Crippen molar-refractivity contribution in [2.24, 2.45) is 0 Å². The van der Waals surface area contributed by atoms with Crippen molar-refractivity contribution in [1.29, 1.82) is 0 Å². The highest BCUT2D eigenvalue weighted by Gasteiger charge is 2.16. The van der Waals surface area contributed by atoms with Gasteiger partial charge in [-0.3, -0.25) is 4.79 Å². The molecule has 3 aromatic heterocycles. The second-order valence-corrected chi connectivity index (χ2v) is 8.06. The van der Waals surface area contributed by atoms with Crippen molar-refractivity contribution >= 4 is 28.2 Å². The van der Waals surface area contributed by atoms with Crippen LogP contribution >= 0.6 is 11.3 Å². The predicted molar refractivity (Wildman–Crippen MR) is 124 cm³/mol. The summed E-state index contributed by atoms with van der Waals surface area (Å²) in [5.74, 6) is 0.426. The molecule has 0 unspecified atom stereocenters. The van der Waals surface area contributed by atoms with Gasteiger partial charge in [-0.1, -0.05) is 18.2 Å². The van der Waals surface area contributed by atoms with Gasteiger partial charge in [0.05, 0.1) is 22.2 Å². The molecule has 9 heteroatoms. The molecule has 0 saturated carbocycles. The summed E-state index contributed by atoms with van der Waals surface area (Å²) in [6.07, 6.45) is 0. The molecular weight excluding hydrogens is 442 g/mol. The van der Waals surface area contributed by atoms with E-state index in [0.717, 1.165) is 10.1 Å². The van der Waals surface area contributed by atoms with Gasteiger partial charge in [-0.05, 0) is 48.7 Å². The number of fused-ring (bicyclic) bond motifs is 1. The highest BCUT2D eigenvalue weighted by Crippen LogP contribution is 2.24. The number of para-hydroxylation sites is 1. The Kier molecular flexibility index (Phi) is 5.23. The van der Waals surface area contributed by atoms with Crippen LogP contribution in [-0.2, 0) is 11.3 Å². The van der Waals surface area contributed by atoms with Crippen LogP contribution in [-0.4, -0.2) is 20.5 Å². The molecule has 0 amide bonds. The number of aryl methyl sites for hydroxylation is 1. The number of ether oxygens (including phenoxy) is 1.